The first-order valence-corrected chi connectivity index (χ1v) is 7.47. The molecule has 1 fully saturated rings. The van der Waals surface area contributed by atoms with Gasteiger partial charge in [0, 0.05) is 19.6 Å². The molecule has 0 radical (unpaired) electrons. The van der Waals surface area contributed by atoms with Gasteiger partial charge in [-0.05, 0) is 37.6 Å². The average molecular weight is 314 g/mol. The van der Waals surface area contributed by atoms with Gasteiger partial charge in [-0.3, -0.25) is 4.90 Å². The molecular formula is C16H18N4O3. The van der Waals surface area contributed by atoms with Crippen molar-refractivity contribution in [1.82, 2.24) is 15.0 Å². The molecule has 1 aromatic carbocycles. The van der Waals surface area contributed by atoms with Crippen LogP contribution in [0.3, 0.4) is 0 Å². The molecule has 120 valence electrons. The summed E-state index contributed by atoms with van der Waals surface area (Å²) in [6.07, 6.45) is 0.561. The lowest BCUT2D eigenvalue weighted by molar-refractivity contribution is 0.0129. The van der Waals surface area contributed by atoms with Crippen molar-refractivity contribution in [2.75, 3.05) is 26.2 Å². The number of aliphatic hydroxyl groups is 1. The largest absolute Gasteiger partial charge is 0.492 e. The highest BCUT2D eigenvalue weighted by molar-refractivity contribution is 5.34. The molecule has 1 aromatic heterocycles. The van der Waals surface area contributed by atoms with Crippen molar-refractivity contribution in [2.24, 2.45) is 0 Å². The van der Waals surface area contributed by atoms with Crippen molar-refractivity contribution >= 4 is 0 Å². The summed E-state index contributed by atoms with van der Waals surface area (Å²) in [5, 5.41) is 23.1. The zero-order valence-corrected chi connectivity index (χ0v) is 12.9. The van der Waals surface area contributed by atoms with E-state index in [0.29, 0.717) is 37.5 Å². The number of rotatable bonds is 5. The predicted octanol–water partition coefficient (Wildman–Crippen LogP) is 1.22. The highest BCUT2D eigenvalue weighted by atomic mass is 16.5. The van der Waals surface area contributed by atoms with Crippen LogP contribution in [0.2, 0.25) is 0 Å². The zero-order valence-electron chi connectivity index (χ0n) is 12.9. The van der Waals surface area contributed by atoms with Gasteiger partial charge in [0.2, 0.25) is 0 Å². The second-order valence-electron chi connectivity index (χ2n) is 5.69. The van der Waals surface area contributed by atoms with Gasteiger partial charge in [0.05, 0.1) is 11.6 Å². The monoisotopic (exact) mass is 314 g/mol. The van der Waals surface area contributed by atoms with Crippen molar-refractivity contribution in [3.8, 4) is 11.8 Å². The number of nitrogens with zero attached hydrogens (tertiary/aromatic N) is 4. The van der Waals surface area contributed by atoms with E-state index in [9.17, 15) is 5.11 Å². The van der Waals surface area contributed by atoms with Gasteiger partial charge in [0.25, 0.3) is 5.89 Å². The van der Waals surface area contributed by atoms with E-state index in [2.05, 4.69) is 21.1 Å². The van der Waals surface area contributed by atoms with Crippen LogP contribution in [0.25, 0.3) is 0 Å². The van der Waals surface area contributed by atoms with E-state index >= 15 is 0 Å². The fraction of sp³-hybridized carbons (Fsp3) is 0.438. The minimum Gasteiger partial charge on any atom is -0.492 e. The number of hydrogen-bond donors (Lipinski definition) is 1. The Labute approximate surface area is 134 Å². The average Bonchev–Trinajstić information content (AvgIpc) is 3.15. The third-order valence-corrected chi connectivity index (χ3v) is 3.91. The molecule has 3 rings (SSSR count). The maximum Gasteiger partial charge on any atom is 0.259 e. The van der Waals surface area contributed by atoms with Crippen LogP contribution in [0.15, 0.2) is 28.8 Å². The Morgan fingerprint density at radius 1 is 1.43 bits per heavy atom. The van der Waals surface area contributed by atoms with Crippen molar-refractivity contribution < 1.29 is 14.4 Å². The van der Waals surface area contributed by atoms with Crippen LogP contribution < -0.4 is 4.74 Å². The summed E-state index contributed by atoms with van der Waals surface area (Å²) >= 11 is 0. The minimum absolute atomic E-state index is 0.283. The van der Waals surface area contributed by atoms with Gasteiger partial charge in [-0.15, -0.1) is 0 Å². The van der Waals surface area contributed by atoms with Gasteiger partial charge in [0.1, 0.15) is 12.4 Å². The van der Waals surface area contributed by atoms with Crippen LogP contribution in [0.1, 0.15) is 23.7 Å². The summed E-state index contributed by atoms with van der Waals surface area (Å²) in [4.78, 5) is 6.23. The van der Waals surface area contributed by atoms with Gasteiger partial charge >= 0.3 is 0 Å². The molecule has 1 saturated heterocycles. The van der Waals surface area contributed by atoms with E-state index in [1.165, 1.54) is 0 Å². The molecule has 7 nitrogen and oxygen atoms in total. The van der Waals surface area contributed by atoms with Gasteiger partial charge in [-0.25, -0.2) is 0 Å². The van der Waals surface area contributed by atoms with Crippen molar-refractivity contribution in [1.29, 1.82) is 5.26 Å². The van der Waals surface area contributed by atoms with Crippen molar-refractivity contribution in [2.45, 2.75) is 18.9 Å². The molecule has 23 heavy (non-hydrogen) atoms. The number of nitriles is 1. The molecule has 1 aliphatic heterocycles. The zero-order chi connectivity index (χ0) is 16.3. The predicted molar refractivity (Wildman–Crippen MR) is 80.6 cm³/mol. The van der Waals surface area contributed by atoms with Gasteiger partial charge in [-0.1, -0.05) is 5.16 Å². The summed E-state index contributed by atoms with van der Waals surface area (Å²) in [5.41, 5.74) is -0.466. The standard InChI is InChI=1S/C16H18N4O3/c1-12-18-15(23-19-12)16(21)6-7-20(11-16)8-9-22-14-4-2-13(10-17)3-5-14/h2-5,21H,6-9,11H2,1H3/t16-/m0/s1. The Kier molecular flexibility index (Phi) is 4.28. The Morgan fingerprint density at radius 2 is 2.22 bits per heavy atom. The third-order valence-electron chi connectivity index (χ3n) is 3.91. The van der Waals surface area contributed by atoms with Crippen LogP contribution in [-0.4, -0.2) is 46.4 Å². The molecule has 2 heterocycles. The number of hydrogen-bond acceptors (Lipinski definition) is 7. The maximum absolute atomic E-state index is 10.6. The Balaban J connectivity index is 1.49. The van der Waals surface area contributed by atoms with Crippen molar-refractivity contribution in [3.63, 3.8) is 0 Å². The minimum atomic E-state index is -1.07. The lowest BCUT2D eigenvalue weighted by Gasteiger charge is -2.19. The molecule has 2 aromatic rings. The SMILES string of the molecule is Cc1noc([C@]2(O)CCN(CCOc3ccc(C#N)cc3)C2)n1. The van der Waals surface area contributed by atoms with E-state index in [1.54, 1.807) is 31.2 Å². The number of aryl methyl sites for hydroxylation is 1. The first-order valence-electron chi connectivity index (χ1n) is 7.47. The second kappa shape index (κ2) is 6.36. The molecular weight excluding hydrogens is 296 g/mol. The second-order valence-corrected chi connectivity index (χ2v) is 5.69. The van der Waals surface area contributed by atoms with Crippen molar-refractivity contribution in [3.05, 3.63) is 41.5 Å². The van der Waals surface area contributed by atoms with E-state index in [4.69, 9.17) is 14.5 Å². The molecule has 7 heteroatoms. The fourth-order valence-corrected chi connectivity index (χ4v) is 2.64. The molecule has 1 atom stereocenters. The number of aromatic nitrogens is 2. The molecule has 1 N–H and O–H groups in total. The smallest absolute Gasteiger partial charge is 0.259 e. The summed E-state index contributed by atoms with van der Waals surface area (Å²) in [6, 6.07) is 9.07. The van der Waals surface area contributed by atoms with Crippen LogP contribution in [0, 0.1) is 18.3 Å². The first-order chi connectivity index (χ1) is 11.1. The third kappa shape index (κ3) is 3.50. The highest BCUT2D eigenvalue weighted by Gasteiger charge is 2.42. The molecule has 0 spiro atoms. The molecule has 0 saturated carbocycles. The van der Waals surface area contributed by atoms with E-state index in [-0.39, 0.29) is 5.89 Å². The summed E-state index contributed by atoms with van der Waals surface area (Å²) in [6.45, 7) is 4.12. The summed E-state index contributed by atoms with van der Waals surface area (Å²) in [5.74, 6) is 1.53. The van der Waals surface area contributed by atoms with Crippen LogP contribution in [0.4, 0.5) is 0 Å². The summed E-state index contributed by atoms with van der Waals surface area (Å²) in [7, 11) is 0. The molecule has 1 aliphatic rings. The number of benzene rings is 1. The number of likely N-dealkylation sites (tertiary alicyclic amines) is 1. The Morgan fingerprint density at radius 3 is 2.87 bits per heavy atom. The van der Waals surface area contributed by atoms with Gasteiger partial charge in [-0.2, -0.15) is 10.2 Å². The molecule has 0 bridgehead atoms. The van der Waals surface area contributed by atoms with E-state index in [0.717, 1.165) is 12.3 Å². The topological polar surface area (TPSA) is 95.4 Å². The highest BCUT2D eigenvalue weighted by Crippen LogP contribution is 2.30. The first kappa shape index (κ1) is 15.5. The summed E-state index contributed by atoms with van der Waals surface area (Å²) < 4.78 is 10.8. The lowest BCUT2D eigenvalue weighted by Crippen LogP contribution is -2.33. The maximum atomic E-state index is 10.6. The quantitative estimate of drug-likeness (QED) is 0.886. The van der Waals surface area contributed by atoms with Crippen LogP contribution in [0.5, 0.6) is 5.75 Å². The van der Waals surface area contributed by atoms with Crippen LogP contribution >= 0.6 is 0 Å². The number of ether oxygens (including phenoxy) is 1. The van der Waals surface area contributed by atoms with Gasteiger partial charge < -0.3 is 14.4 Å². The van der Waals surface area contributed by atoms with Crippen LogP contribution in [-0.2, 0) is 5.60 Å². The Bertz CT molecular complexity index is 707. The molecule has 0 aliphatic carbocycles. The van der Waals surface area contributed by atoms with E-state index in [1.807, 2.05) is 0 Å². The number of β-amino-alcohol motifs (C(OH)–C–C–N with tert-alkyl or cyclic N) is 1. The van der Waals surface area contributed by atoms with E-state index < -0.39 is 5.60 Å². The lowest BCUT2D eigenvalue weighted by atomic mass is 10.0. The van der Waals surface area contributed by atoms with Gasteiger partial charge in [0.15, 0.2) is 11.4 Å². The fourth-order valence-electron chi connectivity index (χ4n) is 2.64. The molecule has 0 amide bonds. The Hall–Kier alpha value is -2.43. The molecule has 0 unspecified atom stereocenters. The normalized spacial score (nSPS) is 21.3.